The van der Waals surface area contributed by atoms with Crippen LogP contribution in [0, 0.1) is 13.8 Å². The fraction of sp³-hybridized carbons (Fsp3) is 0.200. The summed E-state index contributed by atoms with van der Waals surface area (Å²) in [4.78, 5) is 22.0. The van der Waals surface area contributed by atoms with Crippen LogP contribution >= 0.6 is 0 Å². The van der Waals surface area contributed by atoms with Crippen LogP contribution in [-0.2, 0) is 13.5 Å². The van der Waals surface area contributed by atoms with E-state index in [2.05, 4.69) is 23.0 Å². The van der Waals surface area contributed by atoms with Crippen LogP contribution in [-0.4, -0.2) is 24.1 Å². The molecule has 4 heterocycles. The van der Waals surface area contributed by atoms with E-state index >= 15 is 0 Å². The standard InChI is InChI=1S/C25H23N5O/c1-5-21-19(7-6-10-26-21)17-8-9-20-23(13-17)30-24(29(4)25(20)31)14-22(28-30)18-11-15(2)27-16(3)12-18/h6-14H,5H2,1-4H3. The Labute approximate surface area is 179 Å². The van der Waals surface area contributed by atoms with E-state index in [9.17, 15) is 4.79 Å². The first-order chi connectivity index (χ1) is 15.0. The number of nitrogens with zero attached hydrogens (tertiary/aromatic N) is 5. The van der Waals surface area contributed by atoms with E-state index in [0.717, 1.165) is 57.1 Å². The van der Waals surface area contributed by atoms with Crippen LogP contribution in [0.1, 0.15) is 24.0 Å². The molecule has 0 amide bonds. The molecule has 5 rings (SSSR count). The van der Waals surface area contributed by atoms with Crippen LogP contribution < -0.4 is 5.56 Å². The summed E-state index contributed by atoms with van der Waals surface area (Å²) >= 11 is 0. The Balaban J connectivity index is 1.81. The minimum atomic E-state index is -0.0375. The van der Waals surface area contributed by atoms with Crippen molar-refractivity contribution in [2.45, 2.75) is 27.2 Å². The van der Waals surface area contributed by atoms with Crippen molar-refractivity contribution in [3.63, 3.8) is 0 Å². The normalized spacial score (nSPS) is 11.5. The zero-order chi connectivity index (χ0) is 21.7. The van der Waals surface area contributed by atoms with E-state index in [1.807, 2.05) is 67.0 Å². The van der Waals surface area contributed by atoms with Crippen LogP contribution in [0.4, 0.5) is 0 Å². The lowest BCUT2D eigenvalue weighted by Gasteiger charge is -2.10. The van der Waals surface area contributed by atoms with Gasteiger partial charge in [-0.3, -0.25) is 19.3 Å². The Morgan fingerprint density at radius 3 is 2.48 bits per heavy atom. The second kappa shape index (κ2) is 7.16. The smallest absolute Gasteiger partial charge is 0.261 e. The third-order valence-corrected chi connectivity index (χ3v) is 5.71. The van der Waals surface area contributed by atoms with Crippen LogP contribution in [0.2, 0.25) is 0 Å². The summed E-state index contributed by atoms with van der Waals surface area (Å²) < 4.78 is 3.52. The molecule has 5 aromatic rings. The van der Waals surface area contributed by atoms with Crippen LogP contribution in [0.3, 0.4) is 0 Å². The first-order valence-corrected chi connectivity index (χ1v) is 10.4. The molecule has 0 N–H and O–H groups in total. The summed E-state index contributed by atoms with van der Waals surface area (Å²) in [5.41, 5.74) is 8.33. The van der Waals surface area contributed by atoms with Gasteiger partial charge in [-0.2, -0.15) is 5.10 Å². The largest absolute Gasteiger partial charge is 0.296 e. The molecule has 154 valence electrons. The predicted octanol–water partition coefficient (Wildman–Crippen LogP) is 4.49. The topological polar surface area (TPSA) is 65.1 Å². The highest BCUT2D eigenvalue weighted by atomic mass is 16.1. The van der Waals surface area contributed by atoms with Gasteiger partial charge in [0, 0.05) is 47.5 Å². The molecule has 0 saturated heterocycles. The number of hydrogen-bond donors (Lipinski definition) is 0. The zero-order valence-corrected chi connectivity index (χ0v) is 18.0. The number of aryl methyl sites for hydroxylation is 4. The van der Waals surface area contributed by atoms with Gasteiger partial charge < -0.3 is 0 Å². The lowest BCUT2D eigenvalue weighted by atomic mass is 10.0. The maximum atomic E-state index is 13.1. The number of hydrogen-bond acceptors (Lipinski definition) is 4. The van der Waals surface area contributed by atoms with Gasteiger partial charge in [-0.05, 0) is 56.2 Å². The van der Waals surface area contributed by atoms with E-state index in [-0.39, 0.29) is 5.56 Å². The molecule has 0 radical (unpaired) electrons. The zero-order valence-electron chi connectivity index (χ0n) is 18.0. The summed E-state index contributed by atoms with van der Waals surface area (Å²) in [7, 11) is 1.79. The quantitative estimate of drug-likeness (QED) is 0.440. The Bertz CT molecular complexity index is 1510. The molecule has 0 bridgehead atoms. The minimum absolute atomic E-state index is 0.0375. The summed E-state index contributed by atoms with van der Waals surface area (Å²) in [6.45, 7) is 6.05. The summed E-state index contributed by atoms with van der Waals surface area (Å²) in [6.07, 6.45) is 2.66. The van der Waals surface area contributed by atoms with Gasteiger partial charge in [0.2, 0.25) is 0 Å². The first kappa shape index (κ1) is 19.2. The fourth-order valence-electron chi connectivity index (χ4n) is 4.23. The van der Waals surface area contributed by atoms with Gasteiger partial charge in [0.05, 0.1) is 16.6 Å². The third kappa shape index (κ3) is 3.11. The van der Waals surface area contributed by atoms with Gasteiger partial charge in [0.25, 0.3) is 5.56 Å². The summed E-state index contributed by atoms with van der Waals surface area (Å²) in [5, 5.41) is 5.52. The molecule has 6 nitrogen and oxygen atoms in total. The second-order valence-corrected chi connectivity index (χ2v) is 7.89. The summed E-state index contributed by atoms with van der Waals surface area (Å²) in [6, 6.07) is 15.9. The minimum Gasteiger partial charge on any atom is -0.296 e. The van der Waals surface area contributed by atoms with Crippen molar-refractivity contribution in [3.05, 3.63) is 82.2 Å². The number of fused-ring (bicyclic) bond motifs is 3. The van der Waals surface area contributed by atoms with Crippen LogP contribution in [0.15, 0.2) is 59.5 Å². The molecular formula is C25H23N5O. The van der Waals surface area contributed by atoms with Crippen molar-refractivity contribution in [1.29, 1.82) is 0 Å². The van der Waals surface area contributed by atoms with Crippen LogP contribution in [0.5, 0.6) is 0 Å². The highest BCUT2D eigenvalue weighted by molar-refractivity contribution is 5.86. The van der Waals surface area contributed by atoms with Gasteiger partial charge in [-0.25, -0.2) is 4.52 Å². The molecule has 31 heavy (non-hydrogen) atoms. The predicted molar refractivity (Wildman–Crippen MR) is 123 cm³/mol. The number of rotatable bonds is 3. The van der Waals surface area contributed by atoms with Crippen molar-refractivity contribution in [3.8, 4) is 22.4 Å². The van der Waals surface area contributed by atoms with Gasteiger partial charge in [0.15, 0.2) is 0 Å². The van der Waals surface area contributed by atoms with Crippen molar-refractivity contribution >= 4 is 16.6 Å². The second-order valence-electron chi connectivity index (χ2n) is 7.89. The maximum absolute atomic E-state index is 13.1. The molecule has 0 fully saturated rings. The highest BCUT2D eigenvalue weighted by Crippen LogP contribution is 2.28. The van der Waals surface area contributed by atoms with Gasteiger partial charge in [0.1, 0.15) is 5.65 Å². The molecule has 0 atom stereocenters. The molecule has 1 aromatic carbocycles. The molecule has 0 aliphatic rings. The molecular weight excluding hydrogens is 386 g/mol. The van der Waals surface area contributed by atoms with Crippen molar-refractivity contribution in [1.82, 2.24) is 24.1 Å². The fourth-order valence-corrected chi connectivity index (χ4v) is 4.23. The van der Waals surface area contributed by atoms with E-state index in [1.54, 1.807) is 11.6 Å². The van der Waals surface area contributed by atoms with E-state index in [0.29, 0.717) is 5.39 Å². The Morgan fingerprint density at radius 2 is 1.74 bits per heavy atom. The maximum Gasteiger partial charge on any atom is 0.261 e. The number of benzene rings is 1. The van der Waals surface area contributed by atoms with Crippen molar-refractivity contribution < 1.29 is 0 Å². The lowest BCUT2D eigenvalue weighted by Crippen LogP contribution is -2.19. The third-order valence-electron chi connectivity index (χ3n) is 5.71. The molecule has 4 aromatic heterocycles. The molecule has 0 aliphatic heterocycles. The average molecular weight is 409 g/mol. The SMILES string of the molecule is CCc1ncccc1-c1ccc2c(=O)n(C)c3cc(-c4cc(C)nc(C)c4)nn3c2c1. The van der Waals surface area contributed by atoms with Crippen LogP contribution in [0.25, 0.3) is 38.9 Å². The van der Waals surface area contributed by atoms with Gasteiger partial charge in [-0.1, -0.05) is 19.1 Å². The van der Waals surface area contributed by atoms with Crippen molar-refractivity contribution in [2.75, 3.05) is 0 Å². The number of aromatic nitrogens is 5. The highest BCUT2D eigenvalue weighted by Gasteiger charge is 2.15. The van der Waals surface area contributed by atoms with E-state index in [4.69, 9.17) is 5.10 Å². The average Bonchev–Trinajstić information content (AvgIpc) is 3.22. The van der Waals surface area contributed by atoms with Gasteiger partial charge in [-0.15, -0.1) is 0 Å². The molecule has 0 saturated carbocycles. The Morgan fingerprint density at radius 1 is 0.968 bits per heavy atom. The van der Waals surface area contributed by atoms with E-state index in [1.165, 1.54) is 0 Å². The first-order valence-electron chi connectivity index (χ1n) is 10.4. The lowest BCUT2D eigenvalue weighted by molar-refractivity contribution is 0.850. The van der Waals surface area contributed by atoms with Crippen molar-refractivity contribution in [2.24, 2.45) is 7.05 Å². The Hall–Kier alpha value is -3.80. The number of pyridine rings is 2. The monoisotopic (exact) mass is 409 g/mol. The summed E-state index contributed by atoms with van der Waals surface area (Å²) in [5.74, 6) is 0. The Kier molecular flexibility index (Phi) is 4.43. The molecule has 0 spiro atoms. The molecule has 6 heteroatoms. The molecule has 0 aliphatic carbocycles. The van der Waals surface area contributed by atoms with E-state index < -0.39 is 0 Å². The van der Waals surface area contributed by atoms with Gasteiger partial charge >= 0.3 is 0 Å². The molecule has 0 unspecified atom stereocenters.